The van der Waals surface area contributed by atoms with E-state index in [2.05, 4.69) is 15.6 Å². The van der Waals surface area contributed by atoms with Gasteiger partial charge in [0.25, 0.3) is 11.8 Å². The molecule has 2 N–H and O–H groups in total. The number of imidazole rings is 1. The quantitative estimate of drug-likeness (QED) is 0.538. The van der Waals surface area contributed by atoms with Crippen molar-refractivity contribution in [2.45, 2.75) is 64.8 Å². The van der Waals surface area contributed by atoms with Crippen LogP contribution in [-0.4, -0.2) is 43.8 Å². The van der Waals surface area contributed by atoms with Gasteiger partial charge in [-0.2, -0.15) is 0 Å². The summed E-state index contributed by atoms with van der Waals surface area (Å²) in [6.45, 7) is 6.78. The Morgan fingerprint density at radius 2 is 1.72 bits per heavy atom. The zero-order chi connectivity index (χ0) is 25.4. The maximum Gasteiger partial charge on any atom is 0.274 e. The highest BCUT2D eigenvalue weighted by molar-refractivity contribution is 6.07. The third kappa shape index (κ3) is 4.51. The van der Waals surface area contributed by atoms with Crippen molar-refractivity contribution < 1.29 is 14.4 Å². The lowest BCUT2D eigenvalue weighted by molar-refractivity contribution is -0.133. The van der Waals surface area contributed by atoms with E-state index in [-0.39, 0.29) is 35.8 Å². The van der Waals surface area contributed by atoms with E-state index in [1.54, 1.807) is 16.4 Å². The fourth-order valence-electron chi connectivity index (χ4n) is 4.89. The molecule has 1 fully saturated rings. The molecule has 3 aromatic rings. The first-order valence-corrected chi connectivity index (χ1v) is 12.3. The maximum absolute atomic E-state index is 13.7. The Morgan fingerprint density at radius 3 is 2.42 bits per heavy atom. The number of hydrogen-bond acceptors (Lipinski definition) is 4. The lowest BCUT2D eigenvalue weighted by Crippen LogP contribution is -2.64. The molecule has 36 heavy (non-hydrogen) atoms. The number of carbonyl (C=O) groups excluding carboxylic acids is 3. The first-order valence-electron chi connectivity index (χ1n) is 12.3. The van der Waals surface area contributed by atoms with Gasteiger partial charge in [0.2, 0.25) is 5.91 Å². The lowest BCUT2D eigenvalue weighted by Gasteiger charge is -2.44. The van der Waals surface area contributed by atoms with E-state index in [0.29, 0.717) is 13.1 Å². The fourth-order valence-corrected chi connectivity index (χ4v) is 4.89. The van der Waals surface area contributed by atoms with Gasteiger partial charge in [-0.3, -0.25) is 14.4 Å². The van der Waals surface area contributed by atoms with Crippen LogP contribution in [0.2, 0.25) is 0 Å². The number of amides is 3. The highest BCUT2D eigenvalue weighted by Gasteiger charge is 2.53. The van der Waals surface area contributed by atoms with Crippen molar-refractivity contribution in [2.75, 3.05) is 0 Å². The minimum Gasteiger partial charge on any atom is -0.350 e. The minimum atomic E-state index is -1.08. The SMILES string of the molecule is Cc1ccc(CNC(=O)c2ncn3c2C(=O)N(C2CC2)C(C)(C(=O)NCc2cccc(C)c2)C3)cc1. The van der Waals surface area contributed by atoms with Crippen molar-refractivity contribution in [3.05, 3.63) is 88.5 Å². The summed E-state index contributed by atoms with van der Waals surface area (Å²) < 4.78 is 1.65. The Labute approximate surface area is 210 Å². The van der Waals surface area contributed by atoms with Gasteiger partial charge in [0.15, 0.2) is 5.69 Å². The smallest absolute Gasteiger partial charge is 0.274 e. The minimum absolute atomic E-state index is 0.0145. The van der Waals surface area contributed by atoms with Gasteiger partial charge >= 0.3 is 0 Å². The molecule has 1 saturated carbocycles. The predicted octanol–water partition coefficient (Wildman–Crippen LogP) is 3.12. The number of fused-ring (bicyclic) bond motifs is 1. The molecular formula is C28H31N5O3. The molecule has 8 nitrogen and oxygen atoms in total. The molecule has 186 valence electrons. The molecule has 1 unspecified atom stereocenters. The van der Waals surface area contributed by atoms with Gasteiger partial charge in [-0.15, -0.1) is 0 Å². The summed E-state index contributed by atoms with van der Waals surface area (Å²) in [6.07, 6.45) is 3.18. The van der Waals surface area contributed by atoms with Crippen LogP contribution in [0.3, 0.4) is 0 Å². The number of nitrogens with one attached hydrogen (secondary N) is 2. The second-order valence-electron chi connectivity index (χ2n) is 10.1. The van der Waals surface area contributed by atoms with Crippen molar-refractivity contribution >= 4 is 17.7 Å². The van der Waals surface area contributed by atoms with Crippen LogP contribution in [0.5, 0.6) is 0 Å². The van der Waals surface area contributed by atoms with Crippen LogP contribution in [0, 0.1) is 13.8 Å². The van der Waals surface area contributed by atoms with Crippen LogP contribution in [0.25, 0.3) is 0 Å². The number of rotatable bonds is 7. The Kier molecular flexibility index (Phi) is 6.12. The average Bonchev–Trinajstić information content (AvgIpc) is 3.59. The molecule has 1 aliphatic heterocycles. The van der Waals surface area contributed by atoms with Gasteiger partial charge < -0.3 is 20.1 Å². The van der Waals surface area contributed by atoms with E-state index in [4.69, 9.17) is 0 Å². The molecular weight excluding hydrogens is 454 g/mol. The molecule has 0 spiro atoms. The van der Waals surface area contributed by atoms with E-state index >= 15 is 0 Å². The van der Waals surface area contributed by atoms with E-state index in [1.807, 2.05) is 62.4 Å². The molecule has 0 radical (unpaired) electrons. The highest BCUT2D eigenvalue weighted by atomic mass is 16.2. The fraction of sp³-hybridized carbons (Fsp3) is 0.357. The first-order chi connectivity index (χ1) is 17.3. The summed E-state index contributed by atoms with van der Waals surface area (Å²) in [7, 11) is 0. The van der Waals surface area contributed by atoms with Crippen molar-refractivity contribution in [2.24, 2.45) is 0 Å². The topological polar surface area (TPSA) is 96.3 Å². The van der Waals surface area contributed by atoms with Gasteiger partial charge in [0.05, 0.1) is 12.9 Å². The van der Waals surface area contributed by atoms with E-state index in [0.717, 1.165) is 35.1 Å². The second-order valence-corrected chi connectivity index (χ2v) is 10.1. The standard InChI is InChI=1S/C28H31N5O3/c1-18-7-9-20(10-8-18)14-29-25(34)23-24-26(35)33(22-11-12-22)28(3,16-32(24)17-31-23)27(36)30-15-21-6-4-5-19(2)13-21/h4-10,13,17,22H,11-12,14-16H2,1-3H3,(H,29,34)(H,30,36). The summed E-state index contributed by atoms with van der Waals surface area (Å²) in [5.41, 5.74) is 3.49. The highest BCUT2D eigenvalue weighted by Crippen LogP contribution is 2.38. The Hall–Kier alpha value is -3.94. The summed E-state index contributed by atoms with van der Waals surface area (Å²) in [4.78, 5) is 46.2. The second kappa shape index (κ2) is 9.26. The van der Waals surface area contributed by atoms with Gasteiger partial charge in [0.1, 0.15) is 11.2 Å². The molecule has 2 heterocycles. The molecule has 0 saturated heterocycles. The van der Waals surface area contributed by atoms with Crippen molar-refractivity contribution in [3.63, 3.8) is 0 Å². The number of benzene rings is 2. The van der Waals surface area contributed by atoms with E-state index in [9.17, 15) is 14.4 Å². The van der Waals surface area contributed by atoms with E-state index < -0.39 is 11.4 Å². The van der Waals surface area contributed by atoms with E-state index in [1.165, 1.54) is 6.33 Å². The number of carbonyl (C=O) groups is 3. The van der Waals surface area contributed by atoms with Gasteiger partial charge in [-0.1, -0.05) is 59.7 Å². The number of aromatic nitrogens is 2. The molecule has 1 aliphatic carbocycles. The summed E-state index contributed by atoms with van der Waals surface area (Å²) in [5, 5.41) is 5.90. The van der Waals surface area contributed by atoms with Crippen LogP contribution in [0.1, 0.15) is 63.0 Å². The summed E-state index contributed by atoms with van der Waals surface area (Å²) >= 11 is 0. The number of nitrogens with zero attached hydrogens (tertiary/aromatic N) is 3. The maximum atomic E-state index is 13.7. The lowest BCUT2D eigenvalue weighted by atomic mass is 9.93. The number of hydrogen-bond donors (Lipinski definition) is 2. The largest absolute Gasteiger partial charge is 0.350 e. The third-order valence-corrected chi connectivity index (χ3v) is 6.99. The normalized spacial score (nSPS) is 19.1. The molecule has 8 heteroatoms. The van der Waals surface area contributed by atoms with Gasteiger partial charge in [-0.05, 0) is 44.7 Å². The molecule has 0 bridgehead atoms. The molecule has 2 aromatic carbocycles. The molecule has 3 amide bonds. The summed E-state index contributed by atoms with van der Waals surface area (Å²) in [5.74, 6) is -0.940. The molecule has 2 aliphatic rings. The predicted molar refractivity (Wildman–Crippen MR) is 135 cm³/mol. The molecule has 5 rings (SSSR count). The van der Waals surface area contributed by atoms with Crippen LogP contribution >= 0.6 is 0 Å². The van der Waals surface area contributed by atoms with Crippen molar-refractivity contribution in [3.8, 4) is 0 Å². The van der Waals surface area contributed by atoms with Crippen LogP contribution in [0.15, 0.2) is 54.9 Å². The van der Waals surface area contributed by atoms with Crippen molar-refractivity contribution in [1.82, 2.24) is 25.1 Å². The van der Waals surface area contributed by atoms with Gasteiger partial charge in [-0.25, -0.2) is 4.98 Å². The Balaban J connectivity index is 1.35. The molecule has 1 aromatic heterocycles. The Morgan fingerprint density at radius 1 is 1.00 bits per heavy atom. The van der Waals surface area contributed by atoms with Crippen molar-refractivity contribution in [1.29, 1.82) is 0 Å². The molecule has 1 atom stereocenters. The number of aryl methyl sites for hydroxylation is 2. The third-order valence-electron chi connectivity index (χ3n) is 6.99. The van der Waals surface area contributed by atoms with Crippen LogP contribution in [-0.2, 0) is 24.4 Å². The van der Waals surface area contributed by atoms with Crippen LogP contribution < -0.4 is 10.6 Å². The summed E-state index contributed by atoms with van der Waals surface area (Å²) in [6, 6.07) is 15.8. The first kappa shape index (κ1) is 23.8. The van der Waals surface area contributed by atoms with Gasteiger partial charge in [0, 0.05) is 19.1 Å². The zero-order valence-electron chi connectivity index (χ0n) is 20.9. The Bertz CT molecular complexity index is 1330. The zero-order valence-corrected chi connectivity index (χ0v) is 20.9. The monoisotopic (exact) mass is 485 g/mol. The average molecular weight is 486 g/mol. The van der Waals surface area contributed by atoms with Crippen LogP contribution in [0.4, 0.5) is 0 Å².